The first-order chi connectivity index (χ1) is 20.7. The molecule has 0 spiro atoms. The summed E-state index contributed by atoms with van der Waals surface area (Å²) in [6, 6.07) is 4.87. The molecule has 1 saturated carbocycles. The minimum absolute atomic E-state index is 0.0235. The molecule has 0 aliphatic heterocycles. The van der Waals surface area contributed by atoms with Gasteiger partial charge in [-0.05, 0) is 70.7 Å². The number of amides is 2. The Morgan fingerprint density at radius 3 is 2.43 bits per heavy atom. The van der Waals surface area contributed by atoms with Gasteiger partial charge in [0.1, 0.15) is 17.2 Å². The molecule has 1 aromatic heterocycles. The second-order valence-electron chi connectivity index (χ2n) is 11.3. The number of nitrogens with zero attached hydrogens (tertiary/aromatic N) is 1. The number of alkyl halides is 2. The Morgan fingerprint density at radius 2 is 1.82 bits per heavy atom. The molecular weight excluding hydrogens is 588 g/mol. The lowest BCUT2D eigenvalue weighted by atomic mass is 10.1. The van der Waals surface area contributed by atoms with Crippen LogP contribution in [0.4, 0.5) is 22.4 Å². The molecule has 1 aliphatic rings. The van der Waals surface area contributed by atoms with E-state index in [-0.39, 0.29) is 46.5 Å². The molecule has 4 rings (SSSR count). The summed E-state index contributed by atoms with van der Waals surface area (Å²) in [6.45, 7) is 3.51. The summed E-state index contributed by atoms with van der Waals surface area (Å²) < 4.78 is 75.6. The number of hydrogen-bond acceptors (Lipinski definition) is 8. The van der Waals surface area contributed by atoms with Crippen LogP contribution >= 0.6 is 0 Å². The van der Waals surface area contributed by atoms with Crippen LogP contribution in [0.2, 0.25) is 0 Å². The van der Waals surface area contributed by atoms with Crippen molar-refractivity contribution in [1.82, 2.24) is 15.6 Å². The van der Waals surface area contributed by atoms with Gasteiger partial charge >= 0.3 is 12.7 Å². The fourth-order valence-corrected chi connectivity index (χ4v) is 4.18. The van der Waals surface area contributed by atoms with Gasteiger partial charge < -0.3 is 35.0 Å². The van der Waals surface area contributed by atoms with Gasteiger partial charge in [-0.2, -0.15) is 8.78 Å². The monoisotopic (exact) mass is 622 g/mol. The third-order valence-corrected chi connectivity index (χ3v) is 6.45. The predicted octanol–water partition coefficient (Wildman–Crippen LogP) is 6.03. The average Bonchev–Trinajstić information content (AvgIpc) is 3.65. The Hall–Kier alpha value is -4.33. The Morgan fingerprint density at radius 1 is 1.09 bits per heavy atom. The summed E-state index contributed by atoms with van der Waals surface area (Å²) in [5, 5.41) is 5.15. The Bertz CT molecular complexity index is 1490. The Kier molecular flexibility index (Phi) is 10.0. The highest BCUT2D eigenvalue weighted by atomic mass is 19.3. The van der Waals surface area contributed by atoms with E-state index in [1.54, 1.807) is 20.8 Å². The molecule has 1 aliphatic carbocycles. The number of rotatable bonds is 12. The van der Waals surface area contributed by atoms with Crippen molar-refractivity contribution in [1.29, 1.82) is 0 Å². The van der Waals surface area contributed by atoms with Crippen LogP contribution in [0, 0.1) is 17.6 Å². The van der Waals surface area contributed by atoms with E-state index >= 15 is 0 Å². The summed E-state index contributed by atoms with van der Waals surface area (Å²) in [5.74, 6) is -2.61. The van der Waals surface area contributed by atoms with E-state index in [0.29, 0.717) is 18.6 Å². The maximum absolute atomic E-state index is 14.5. The van der Waals surface area contributed by atoms with Gasteiger partial charge in [-0.25, -0.2) is 18.6 Å². The molecule has 10 nitrogen and oxygen atoms in total. The van der Waals surface area contributed by atoms with Crippen LogP contribution in [0.5, 0.6) is 11.5 Å². The topological polar surface area (TPSA) is 138 Å². The maximum atomic E-state index is 14.5. The number of alkyl carbamates (subject to hydrolysis) is 1. The van der Waals surface area contributed by atoms with E-state index in [2.05, 4.69) is 20.4 Å². The minimum Gasteiger partial charge on any atom is -0.489 e. The molecule has 3 aromatic rings. The van der Waals surface area contributed by atoms with Gasteiger partial charge in [-0.1, -0.05) is 6.07 Å². The highest BCUT2D eigenvalue weighted by Gasteiger charge is 2.30. The molecule has 1 heterocycles. The van der Waals surface area contributed by atoms with Crippen LogP contribution in [-0.4, -0.2) is 42.3 Å². The van der Waals surface area contributed by atoms with Crippen molar-refractivity contribution in [3.63, 3.8) is 0 Å². The fourth-order valence-electron chi connectivity index (χ4n) is 4.18. The summed E-state index contributed by atoms with van der Waals surface area (Å²) in [7, 11) is 0. The average molecular weight is 623 g/mol. The van der Waals surface area contributed by atoms with Gasteiger partial charge in [0.2, 0.25) is 5.89 Å². The van der Waals surface area contributed by atoms with Crippen LogP contribution in [0.15, 0.2) is 40.8 Å². The predicted molar refractivity (Wildman–Crippen MR) is 150 cm³/mol. The van der Waals surface area contributed by atoms with Gasteiger partial charge in [-0.15, -0.1) is 0 Å². The number of ether oxygens (including phenoxy) is 3. The first-order valence-corrected chi connectivity index (χ1v) is 13.9. The number of carbonyl (C=O) groups excluding carboxylic acids is 2. The fraction of sp³-hybridized carbons (Fsp3) is 0.433. The number of oxazole rings is 1. The molecule has 44 heavy (non-hydrogen) atoms. The Balaban J connectivity index is 1.69. The normalized spacial score (nSPS) is 14.6. The molecule has 0 radical (unpaired) electrons. The van der Waals surface area contributed by atoms with Crippen LogP contribution in [0.25, 0.3) is 11.5 Å². The standard InChI is InChI=1S/C30H34F4N4O6/c1-15(36-29(40)44-30(2,3)4)25-24(26(39)37-21(13-35)19-9-8-18(31)12-20(19)32)38-27(43-25)17-7-10-22(42-28(33)34)23(11-17)41-14-16-5-6-16/h7-12,15-16,21,28H,5-6,13-14,35H2,1-4H3,(H,36,40)(H,37,39)/t15-,21?/m0/s1. The molecule has 238 valence electrons. The van der Waals surface area contributed by atoms with Crippen molar-refractivity contribution in [3.8, 4) is 23.0 Å². The van der Waals surface area contributed by atoms with Crippen molar-refractivity contribution >= 4 is 12.0 Å². The number of carbonyl (C=O) groups is 2. The number of nitrogens with two attached hydrogens (primary N) is 1. The SMILES string of the molecule is C[C@H](NC(=O)OC(C)(C)C)c1oc(-c2ccc(OC(F)F)c(OCC3CC3)c2)nc1C(=O)NC(CN)c1ccc(F)cc1F. The smallest absolute Gasteiger partial charge is 0.408 e. The third kappa shape index (κ3) is 8.62. The lowest BCUT2D eigenvalue weighted by molar-refractivity contribution is -0.0515. The van der Waals surface area contributed by atoms with Gasteiger partial charge in [0.25, 0.3) is 5.91 Å². The number of aromatic nitrogens is 1. The minimum atomic E-state index is -3.09. The van der Waals surface area contributed by atoms with Gasteiger partial charge in [0.15, 0.2) is 23.0 Å². The van der Waals surface area contributed by atoms with Crippen LogP contribution in [0.1, 0.15) is 74.4 Å². The number of halogens is 4. The van der Waals surface area contributed by atoms with Crippen molar-refractivity contribution in [2.45, 2.75) is 64.8 Å². The Labute approximate surface area is 251 Å². The molecule has 0 saturated heterocycles. The van der Waals surface area contributed by atoms with E-state index in [1.165, 1.54) is 25.1 Å². The molecule has 4 N–H and O–H groups in total. The van der Waals surface area contributed by atoms with E-state index in [0.717, 1.165) is 25.0 Å². The lowest BCUT2D eigenvalue weighted by Crippen LogP contribution is -2.36. The van der Waals surface area contributed by atoms with E-state index < -0.39 is 47.9 Å². The van der Waals surface area contributed by atoms with E-state index in [9.17, 15) is 27.2 Å². The highest BCUT2D eigenvalue weighted by molar-refractivity contribution is 5.94. The van der Waals surface area contributed by atoms with Crippen LogP contribution in [0.3, 0.4) is 0 Å². The largest absolute Gasteiger partial charge is 0.489 e. The second-order valence-corrected chi connectivity index (χ2v) is 11.3. The van der Waals surface area contributed by atoms with Crippen molar-refractivity contribution in [2.24, 2.45) is 11.7 Å². The molecule has 14 heteroatoms. The quantitative estimate of drug-likeness (QED) is 0.208. The molecule has 1 unspecified atom stereocenters. The zero-order chi connectivity index (χ0) is 32.2. The van der Waals surface area contributed by atoms with Crippen LogP contribution < -0.4 is 25.8 Å². The number of nitrogens with one attached hydrogen (secondary N) is 2. The van der Waals surface area contributed by atoms with Crippen LogP contribution in [-0.2, 0) is 4.74 Å². The molecule has 0 bridgehead atoms. The molecular formula is C30H34F4N4O6. The zero-order valence-corrected chi connectivity index (χ0v) is 24.6. The molecule has 1 fully saturated rings. The summed E-state index contributed by atoms with van der Waals surface area (Å²) in [5.41, 5.74) is 4.90. The number of hydrogen-bond donors (Lipinski definition) is 3. The van der Waals surface area contributed by atoms with Crippen molar-refractivity contribution in [3.05, 3.63) is 65.1 Å². The van der Waals surface area contributed by atoms with Crippen molar-refractivity contribution < 1.29 is 45.8 Å². The summed E-state index contributed by atoms with van der Waals surface area (Å²) >= 11 is 0. The summed E-state index contributed by atoms with van der Waals surface area (Å²) in [4.78, 5) is 30.3. The first kappa shape index (κ1) is 32.6. The second kappa shape index (κ2) is 13.5. The highest BCUT2D eigenvalue weighted by Crippen LogP contribution is 2.37. The molecule has 2 atom stereocenters. The first-order valence-electron chi connectivity index (χ1n) is 13.9. The van der Waals surface area contributed by atoms with Gasteiger partial charge in [0, 0.05) is 23.7 Å². The summed E-state index contributed by atoms with van der Waals surface area (Å²) in [6.07, 6.45) is 1.12. The number of benzene rings is 2. The van der Waals surface area contributed by atoms with E-state index in [4.69, 9.17) is 19.6 Å². The molecule has 2 aromatic carbocycles. The maximum Gasteiger partial charge on any atom is 0.408 e. The zero-order valence-electron chi connectivity index (χ0n) is 24.6. The van der Waals surface area contributed by atoms with Crippen molar-refractivity contribution in [2.75, 3.05) is 13.2 Å². The van der Waals surface area contributed by atoms with Gasteiger partial charge in [-0.3, -0.25) is 4.79 Å². The third-order valence-electron chi connectivity index (χ3n) is 6.45. The van der Waals surface area contributed by atoms with Gasteiger partial charge in [0.05, 0.1) is 18.7 Å². The molecule has 2 amide bonds. The van der Waals surface area contributed by atoms with E-state index in [1.807, 2.05) is 0 Å². The lowest BCUT2D eigenvalue weighted by Gasteiger charge is -2.21.